The Morgan fingerprint density at radius 3 is 1.94 bits per heavy atom. The number of hydrogen-bond donors (Lipinski definition) is 1. The fourth-order valence-corrected chi connectivity index (χ4v) is 1.92. The monoisotopic (exact) mass is 237 g/mol. The van der Waals surface area contributed by atoms with Crippen LogP contribution < -0.4 is 14.8 Å². The van der Waals surface area contributed by atoms with E-state index in [4.69, 9.17) is 9.47 Å². The maximum Gasteiger partial charge on any atom is 0.122 e. The number of nitrogens with one attached hydrogen (secondary N) is 1. The van der Waals surface area contributed by atoms with Crippen LogP contribution in [0.4, 0.5) is 0 Å². The zero-order chi connectivity index (χ0) is 12.8. The van der Waals surface area contributed by atoms with Gasteiger partial charge >= 0.3 is 0 Å². The van der Waals surface area contributed by atoms with E-state index >= 15 is 0 Å². The van der Waals surface area contributed by atoms with Crippen molar-refractivity contribution in [1.82, 2.24) is 5.32 Å². The van der Waals surface area contributed by atoms with E-state index in [-0.39, 0.29) is 0 Å². The molecule has 96 valence electrons. The molecule has 0 amide bonds. The molecule has 17 heavy (non-hydrogen) atoms. The van der Waals surface area contributed by atoms with Crippen molar-refractivity contribution in [2.75, 3.05) is 21.3 Å². The van der Waals surface area contributed by atoms with E-state index in [1.165, 1.54) is 5.56 Å². The second kappa shape index (κ2) is 6.50. The van der Waals surface area contributed by atoms with Gasteiger partial charge in [-0.25, -0.2) is 0 Å². The van der Waals surface area contributed by atoms with Crippen molar-refractivity contribution in [2.45, 2.75) is 26.3 Å². The molecule has 0 aromatic heterocycles. The van der Waals surface area contributed by atoms with Crippen LogP contribution in [0.15, 0.2) is 18.2 Å². The lowest BCUT2D eigenvalue weighted by atomic mass is 9.97. The molecule has 1 aromatic carbocycles. The third-order valence-corrected chi connectivity index (χ3v) is 2.83. The predicted molar refractivity (Wildman–Crippen MR) is 70.8 cm³/mol. The average Bonchev–Trinajstić information content (AvgIpc) is 2.34. The fraction of sp³-hybridized carbons (Fsp3) is 0.571. The van der Waals surface area contributed by atoms with Crippen LogP contribution in [0, 0.1) is 5.92 Å². The Labute approximate surface area is 104 Å². The molecule has 0 aliphatic heterocycles. The van der Waals surface area contributed by atoms with Gasteiger partial charge in [0.25, 0.3) is 0 Å². The summed E-state index contributed by atoms with van der Waals surface area (Å²) in [6, 6.07) is 6.35. The Bertz CT molecular complexity index is 328. The number of hydrogen-bond acceptors (Lipinski definition) is 3. The smallest absolute Gasteiger partial charge is 0.122 e. The molecule has 1 rings (SSSR count). The van der Waals surface area contributed by atoms with Crippen LogP contribution in [-0.4, -0.2) is 21.3 Å². The van der Waals surface area contributed by atoms with Gasteiger partial charge < -0.3 is 14.8 Å². The summed E-state index contributed by atoms with van der Waals surface area (Å²) in [5, 5.41) is 3.34. The van der Waals surface area contributed by atoms with Crippen LogP contribution in [0.1, 0.15) is 31.9 Å². The minimum Gasteiger partial charge on any atom is -0.497 e. The number of rotatable bonds is 6. The maximum atomic E-state index is 5.29. The molecule has 0 fully saturated rings. The van der Waals surface area contributed by atoms with Gasteiger partial charge in [-0.05, 0) is 37.1 Å². The Balaban J connectivity index is 3.00. The van der Waals surface area contributed by atoms with Gasteiger partial charge in [0.2, 0.25) is 0 Å². The Morgan fingerprint density at radius 1 is 1.06 bits per heavy atom. The number of benzene rings is 1. The fourth-order valence-electron chi connectivity index (χ4n) is 1.92. The molecule has 1 unspecified atom stereocenters. The van der Waals surface area contributed by atoms with E-state index in [2.05, 4.69) is 31.3 Å². The molecular weight excluding hydrogens is 214 g/mol. The Hall–Kier alpha value is -1.22. The van der Waals surface area contributed by atoms with Crippen LogP contribution in [0.2, 0.25) is 0 Å². The van der Waals surface area contributed by atoms with E-state index in [1.807, 2.05) is 13.1 Å². The van der Waals surface area contributed by atoms with E-state index < -0.39 is 0 Å². The van der Waals surface area contributed by atoms with E-state index in [1.54, 1.807) is 14.2 Å². The summed E-state index contributed by atoms with van der Waals surface area (Å²) in [5.41, 5.74) is 1.21. The van der Waals surface area contributed by atoms with Gasteiger partial charge in [0.15, 0.2) is 0 Å². The highest BCUT2D eigenvalue weighted by Crippen LogP contribution is 2.29. The molecular formula is C14H23NO2. The summed E-state index contributed by atoms with van der Waals surface area (Å²) in [5.74, 6) is 2.32. The lowest BCUT2D eigenvalue weighted by molar-refractivity contribution is 0.389. The van der Waals surface area contributed by atoms with Crippen LogP contribution in [0.25, 0.3) is 0 Å². The normalized spacial score (nSPS) is 12.6. The first-order chi connectivity index (χ1) is 8.10. The van der Waals surface area contributed by atoms with Crippen molar-refractivity contribution in [3.05, 3.63) is 23.8 Å². The van der Waals surface area contributed by atoms with Gasteiger partial charge in [0, 0.05) is 12.1 Å². The largest absolute Gasteiger partial charge is 0.497 e. The first-order valence-electron chi connectivity index (χ1n) is 6.01. The van der Waals surface area contributed by atoms with Gasteiger partial charge in [-0.3, -0.25) is 0 Å². The van der Waals surface area contributed by atoms with Crippen molar-refractivity contribution < 1.29 is 9.47 Å². The van der Waals surface area contributed by atoms with Crippen molar-refractivity contribution in [2.24, 2.45) is 5.92 Å². The number of ether oxygens (including phenoxy) is 2. The summed E-state index contributed by atoms with van der Waals surface area (Å²) in [7, 11) is 5.34. The molecule has 0 radical (unpaired) electrons. The van der Waals surface area contributed by atoms with E-state index in [0.717, 1.165) is 17.9 Å². The van der Waals surface area contributed by atoms with E-state index in [0.29, 0.717) is 12.0 Å². The second-order valence-corrected chi connectivity index (χ2v) is 4.62. The van der Waals surface area contributed by atoms with Crippen LogP contribution >= 0.6 is 0 Å². The highest BCUT2D eigenvalue weighted by atomic mass is 16.5. The summed E-state index contributed by atoms with van der Waals surface area (Å²) >= 11 is 0. The molecule has 3 nitrogen and oxygen atoms in total. The van der Waals surface area contributed by atoms with Crippen molar-refractivity contribution in [3.63, 3.8) is 0 Å². The lowest BCUT2D eigenvalue weighted by Crippen LogP contribution is -2.18. The standard InChI is InChI=1S/C14H23NO2/c1-10(2)6-14(15-3)11-7-12(16-4)9-13(8-11)17-5/h7-10,14-15H,6H2,1-5H3. The third-order valence-electron chi connectivity index (χ3n) is 2.83. The first kappa shape index (κ1) is 13.8. The highest BCUT2D eigenvalue weighted by Gasteiger charge is 2.13. The molecule has 0 saturated heterocycles. The van der Waals surface area contributed by atoms with Gasteiger partial charge in [-0.15, -0.1) is 0 Å². The van der Waals surface area contributed by atoms with Crippen molar-refractivity contribution in [3.8, 4) is 11.5 Å². The lowest BCUT2D eigenvalue weighted by Gasteiger charge is -2.20. The molecule has 1 atom stereocenters. The molecule has 0 heterocycles. The molecule has 1 aromatic rings. The molecule has 1 N–H and O–H groups in total. The molecule has 0 saturated carbocycles. The molecule has 3 heteroatoms. The number of methoxy groups -OCH3 is 2. The van der Waals surface area contributed by atoms with Gasteiger partial charge in [0.1, 0.15) is 11.5 Å². The Kier molecular flexibility index (Phi) is 5.29. The average molecular weight is 237 g/mol. The molecule has 0 aliphatic rings. The van der Waals surface area contributed by atoms with Crippen molar-refractivity contribution in [1.29, 1.82) is 0 Å². The van der Waals surface area contributed by atoms with Crippen LogP contribution in [0.5, 0.6) is 11.5 Å². The molecule has 0 aliphatic carbocycles. The zero-order valence-corrected chi connectivity index (χ0v) is 11.4. The highest BCUT2D eigenvalue weighted by molar-refractivity contribution is 5.39. The summed E-state index contributed by atoms with van der Waals surface area (Å²) < 4.78 is 10.6. The van der Waals surface area contributed by atoms with Gasteiger partial charge in [-0.2, -0.15) is 0 Å². The third kappa shape index (κ3) is 3.93. The predicted octanol–water partition coefficient (Wildman–Crippen LogP) is 3.01. The molecule has 0 bridgehead atoms. The van der Waals surface area contributed by atoms with Gasteiger partial charge in [0.05, 0.1) is 14.2 Å². The topological polar surface area (TPSA) is 30.5 Å². The summed E-state index contributed by atoms with van der Waals surface area (Å²) in [6.45, 7) is 4.45. The summed E-state index contributed by atoms with van der Waals surface area (Å²) in [4.78, 5) is 0. The maximum absolute atomic E-state index is 5.29. The minimum absolute atomic E-state index is 0.332. The zero-order valence-electron chi connectivity index (χ0n) is 11.4. The molecule has 0 spiro atoms. The minimum atomic E-state index is 0.332. The van der Waals surface area contributed by atoms with Crippen LogP contribution in [-0.2, 0) is 0 Å². The quantitative estimate of drug-likeness (QED) is 0.825. The second-order valence-electron chi connectivity index (χ2n) is 4.62. The van der Waals surface area contributed by atoms with Crippen molar-refractivity contribution >= 4 is 0 Å². The van der Waals surface area contributed by atoms with Gasteiger partial charge in [-0.1, -0.05) is 13.8 Å². The van der Waals surface area contributed by atoms with Crippen LogP contribution in [0.3, 0.4) is 0 Å². The SMILES string of the molecule is CNC(CC(C)C)c1cc(OC)cc(OC)c1. The first-order valence-corrected chi connectivity index (χ1v) is 6.01. The Morgan fingerprint density at radius 2 is 1.59 bits per heavy atom. The van der Waals surface area contributed by atoms with E-state index in [9.17, 15) is 0 Å². The summed E-state index contributed by atoms with van der Waals surface area (Å²) in [6.07, 6.45) is 1.09.